The fraction of sp³-hybridized carbons (Fsp3) is 0.880. The normalized spacial score (nSPS) is 32.0. The van der Waals surface area contributed by atoms with E-state index in [1.54, 1.807) is 0 Å². The third kappa shape index (κ3) is 4.39. The third-order valence-corrected chi connectivity index (χ3v) is 14.3. The van der Waals surface area contributed by atoms with Gasteiger partial charge in [-0.1, -0.05) is 47.1 Å². The summed E-state index contributed by atoms with van der Waals surface area (Å²) < 4.78 is 19.5. The van der Waals surface area contributed by atoms with E-state index in [4.69, 9.17) is 13.6 Å². The minimum atomic E-state index is -1.94. The van der Waals surface area contributed by atoms with Gasteiger partial charge in [0.05, 0.1) is 18.8 Å². The van der Waals surface area contributed by atoms with Gasteiger partial charge < -0.3 is 13.6 Å². The molecule has 3 atom stereocenters. The number of esters is 1. The van der Waals surface area contributed by atoms with Gasteiger partial charge in [0.15, 0.2) is 16.6 Å². The van der Waals surface area contributed by atoms with Crippen LogP contribution in [0.3, 0.4) is 0 Å². The summed E-state index contributed by atoms with van der Waals surface area (Å²) >= 11 is 0. The lowest BCUT2D eigenvalue weighted by Crippen LogP contribution is -2.70. The van der Waals surface area contributed by atoms with Crippen LogP contribution in [0.1, 0.15) is 74.1 Å². The average molecular weight is 469 g/mol. The molecule has 2 rings (SSSR count). The molecule has 0 unspecified atom stereocenters. The molecule has 0 amide bonds. The maximum Gasteiger partial charge on any atom is 0.333 e. The number of hydrogen-bond donors (Lipinski definition) is 0. The Bertz CT molecular complexity index is 742. The Morgan fingerprint density at radius 1 is 1.03 bits per heavy atom. The zero-order valence-electron chi connectivity index (χ0n) is 22.5. The molecule has 0 radical (unpaired) electrons. The SMILES string of the molecule is COC(=O)C1=C(C)[C@@]2(C)CC[C@H](O[Si](C)(C)C(C)(C)C)C(C)(C)[C@]2(O[Si](C)(C)C)CC1. The van der Waals surface area contributed by atoms with Crippen molar-refractivity contribution < 1.29 is 18.4 Å². The summed E-state index contributed by atoms with van der Waals surface area (Å²) in [5.41, 5.74) is 1.24. The van der Waals surface area contributed by atoms with Crippen molar-refractivity contribution in [1.29, 1.82) is 0 Å². The van der Waals surface area contributed by atoms with E-state index < -0.39 is 16.6 Å². The zero-order valence-corrected chi connectivity index (χ0v) is 24.5. The maximum atomic E-state index is 12.6. The van der Waals surface area contributed by atoms with Crippen molar-refractivity contribution >= 4 is 22.6 Å². The predicted molar refractivity (Wildman–Crippen MR) is 134 cm³/mol. The first-order chi connectivity index (χ1) is 13.8. The Morgan fingerprint density at radius 3 is 2.03 bits per heavy atom. The van der Waals surface area contributed by atoms with Crippen molar-refractivity contribution in [2.24, 2.45) is 10.8 Å². The molecular weight excluding hydrogens is 420 g/mol. The highest BCUT2D eigenvalue weighted by molar-refractivity contribution is 6.74. The second-order valence-corrected chi connectivity index (χ2v) is 22.3. The summed E-state index contributed by atoms with van der Waals surface area (Å²) in [5.74, 6) is -0.183. The lowest BCUT2D eigenvalue weighted by atomic mass is 9.46. The number of hydrogen-bond acceptors (Lipinski definition) is 4. The van der Waals surface area contributed by atoms with Crippen LogP contribution in [0.4, 0.5) is 0 Å². The Balaban J connectivity index is 2.65. The molecule has 1 fully saturated rings. The lowest BCUT2D eigenvalue weighted by molar-refractivity contribution is -0.204. The summed E-state index contributed by atoms with van der Waals surface area (Å²) in [6.07, 6.45) is 3.63. The van der Waals surface area contributed by atoms with E-state index in [0.717, 1.165) is 30.4 Å². The Labute approximate surface area is 193 Å². The van der Waals surface area contributed by atoms with Gasteiger partial charge in [-0.15, -0.1) is 0 Å². The van der Waals surface area contributed by atoms with Crippen molar-refractivity contribution in [3.63, 3.8) is 0 Å². The molecule has 6 heteroatoms. The molecule has 0 spiro atoms. The molecule has 0 aliphatic heterocycles. The number of rotatable bonds is 5. The molecule has 0 heterocycles. The highest BCUT2D eigenvalue weighted by Crippen LogP contribution is 2.65. The van der Waals surface area contributed by atoms with Crippen molar-refractivity contribution in [3.8, 4) is 0 Å². The van der Waals surface area contributed by atoms with Gasteiger partial charge in [-0.2, -0.15) is 0 Å². The Morgan fingerprint density at radius 2 is 1.58 bits per heavy atom. The highest BCUT2D eigenvalue weighted by atomic mass is 28.4. The number of fused-ring (bicyclic) bond motifs is 1. The zero-order chi connectivity index (χ0) is 24.3. The molecule has 2 aliphatic carbocycles. The Hall–Kier alpha value is -0.436. The molecule has 0 aromatic heterocycles. The number of carbonyl (C=O) groups is 1. The second-order valence-electron chi connectivity index (χ2n) is 13.1. The van der Waals surface area contributed by atoms with Crippen LogP contribution in [-0.2, 0) is 18.4 Å². The molecular formula is C25H48O4Si2. The van der Waals surface area contributed by atoms with Crippen LogP contribution in [0.25, 0.3) is 0 Å². The lowest BCUT2D eigenvalue weighted by Gasteiger charge is -2.67. The maximum absolute atomic E-state index is 12.6. The molecule has 0 saturated heterocycles. The van der Waals surface area contributed by atoms with E-state index in [9.17, 15) is 4.79 Å². The van der Waals surface area contributed by atoms with Gasteiger partial charge in [0.1, 0.15) is 0 Å². The van der Waals surface area contributed by atoms with Crippen LogP contribution >= 0.6 is 0 Å². The van der Waals surface area contributed by atoms with Crippen LogP contribution in [0, 0.1) is 10.8 Å². The van der Waals surface area contributed by atoms with Crippen LogP contribution in [0.2, 0.25) is 37.8 Å². The summed E-state index contributed by atoms with van der Waals surface area (Å²) in [4.78, 5) is 12.6. The average Bonchev–Trinajstić information content (AvgIpc) is 2.59. The molecule has 2 aliphatic rings. The number of ether oxygens (including phenoxy) is 1. The van der Waals surface area contributed by atoms with Crippen LogP contribution in [0.5, 0.6) is 0 Å². The third-order valence-electron chi connectivity index (χ3n) is 8.81. The summed E-state index contributed by atoms with van der Waals surface area (Å²) in [6, 6.07) is 0. The van der Waals surface area contributed by atoms with Crippen LogP contribution < -0.4 is 0 Å². The molecule has 4 nitrogen and oxygen atoms in total. The first kappa shape index (κ1) is 26.8. The van der Waals surface area contributed by atoms with E-state index in [0.29, 0.717) is 6.42 Å². The molecule has 0 N–H and O–H groups in total. The van der Waals surface area contributed by atoms with Gasteiger partial charge >= 0.3 is 5.97 Å². The first-order valence-electron chi connectivity index (χ1n) is 11.9. The molecule has 0 aromatic carbocycles. The highest BCUT2D eigenvalue weighted by Gasteiger charge is 2.67. The Kier molecular flexibility index (Phi) is 7.01. The van der Waals surface area contributed by atoms with Gasteiger partial charge in [0.2, 0.25) is 0 Å². The van der Waals surface area contributed by atoms with Gasteiger partial charge in [0.25, 0.3) is 0 Å². The molecule has 0 aromatic rings. The first-order valence-corrected chi connectivity index (χ1v) is 18.2. The standard InChI is InChI=1S/C25H48O4Si2/c1-18-19(21(26)27-8)14-17-25(29-30(9,10)11)23(5,6)20(15-16-24(18,25)7)28-31(12,13)22(2,3)4/h20H,14-17H2,1-13H3/t20-,24+,25+/m0/s1. The van der Waals surface area contributed by atoms with Crippen molar-refractivity contribution in [2.45, 2.75) is 124 Å². The fourth-order valence-electron chi connectivity index (χ4n) is 5.80. The van der Waals surface area contributed by atoms with E-state index in [1.165, 1.54) is 7.11 Å². The van der Waals surface area contributed by atoms with Crippen molar-refractivity contribution in [3.05, 3.63) is 11.1 Å². The van der Waals surface area contributed by atoms with Gasteiger partial charge in [0, 0.05) is 16.4 Å². The molecule has 31 heavy (non-hydrogen) atoms. The number of carbonyl (C=O) groups excluding carboxylic acids is 1. The molecule has 180 valence electrons. The summed E-state index contributed by atoms with van der Waals surface area (Å²) in [5, 5.41) is 0.164. The quantitative estimate of drug-likeness (QED) is 0.319. The molecule has 1 saturated carbocycles. The second kappa shape index (κ2) is 8.10. The largest absolute Gasteiger partial charge is 0.466 e. The van der Waals surface area contributed by atoms with Crippen molar-refractivity contribution in [1.82, 2.24) is 0 Å². The minimum absolute atomic E-state index is 0.144. The van der Waals surface area contributed by atoms with Crippen LogP contribution in [0.15, 0.2) is 11.1 Å². The van der Waals surface area contributed by atoms with Gasteiger partial charge in [-0.05, 0) is 70.4 Å². The smallest absolute Gasteiger partial charge is 0.333 e. The van der Waals surface area contributed by atoms with Gasteiger partial charge in [-0.3, -0.25) is 0 Å². The number of methoxy groups -OCH3 is 1. The van der Waals surface area contributed by atoms with Crippen molar-refractivity contribution in [2.75, 3.05) is 7.11 Å². The topological polar surface area (TPSA) is 44.8 Å². The monoisotopic (exact) mass is 468 g/mol. The predicted octanol–water partition coefficient (Wildman–Crippen LogP) is 7.08. The summed E-state index contributed by atoms with van der Waals surface area (Å²) in [7, 11) is -2.35. The van der Waals surface area contributed by atoms with Crippen LogP contribution in [-0.4, -0.2) is 41.4 Å². The minimum Gasteiger partial charge on any atom is -0.466 e. The summed E-state index contributed by atoms with van der Waals surface area (Å²) in [6.45, 7) is 27.7. The van der Waals surface area contributed by atoms with E-state index >= 15 is 0 Å². The van der Waals surface area contributed by atoms with E-state index in [2.05, 4.69) is 81.2 Å². The molecule has 0 bridgehead atoms. The van der Waals surface area contributed by atoms with E-state index in [-0.39, 0.29) is 33.5 Å². The van der Waals surface area contributed by atoms with E-state index in [1.807, 2.05) is 0 Å². The fourth-order valence-corrected chi connectivity index (χ4v) is 8.91. The van der Waals surface area contributed by atoms with Gasteiger partial charge in [-0.25, -0.2) is 4.79 Å².